The molecule has 7 nitrogen and oxygen atoms in total. The molecule has 1 unspecified atom stereocenters. The number of halogens is 1. The van der Waals surface area contributed by atoms with Crippen molar-refractivity contribution < 1.29 is 27.1 Å². The second-order valence-corrected chi connectivity index (χ2v) is 9.04. The molecule has 2 aliphatic heterocycles. The number of ether oxygens (including phenoxy) is 1. The van der Waals surface area contributed by atoms with Crippen LogP contribution in [0.2, 0.25) is 0 Å². The van der Waals surface area contributed by atoms with Crippen LogP contribution in [0.4, 0.5) is 4.39 Å². The summed E-state index contributed by atoms with van der Waals surface area (Å²) in [6, 6.07) is 8.89. The summed E-state index contributed by atoms with van der Waals surface area (Å²) in [4.78, 5) is 23.4. The minimum Gasteiger partial charge on any atom is -0.494 e. The van der Waals surface area contributed by atoms with E-state index in [1.54, 1.807) is 6.07 Å². The minimum atomic E-state index is -3.85. The molecule has 9 heteroatoms. The molecule has 0 aromatic heterocycles. The first-order valence-electron chi connectivity index (χ1n) is 9.08. The molecule has 2 aliphatic rings. The summed E-state index contributed by atoms with van der Waals surface area (Å²) in [5, 5.41) is 2.34. The van der Waals surface area contributed by atoms with Gasteiger partial charge in [-0.1, -0.05) is 18.2 Å². The summed E-state index contributed by atoms with van der Waals surface area (Å²) >= 11 is 0. The topological polar surface area (TPSA) is 92.8 Å². The van der Waals surface area contributed by atoms with Gasteiger partial charge < -0.3 is 4.74 Å². The lowest BCUT2D eigenvalue weighted by atomic mass is 9.89. The zero-order valence-corrected chi connectivity index (χ0v) is 16.5. The van der Waals surface area contributed by atoms with Crippen LogP contribution in [0.15, 0.2) is 41.3 Å². The molecule has 152 valence electrons. The zero-order chi connectivity index (χ0) is 20.8. The van der Waals surface area contributed by atoms with E-state index in [2.05, 4.69) is 5.32 Å². The molecule has 2 amide bonds. The van der Waals surface area contributed by atoms with Crippen molar-refractivity contribution in [2.75, 3.05) is 7.11 Å². The van der Waals surface area contributed by atoms with Gasteiger partial charge >= 0.3 is 0 Å². The Morgan fingerprint density at radius 3 is 2.59 bits per heavy atom. The molecule has 0 aliphatic carbocycles. The molecule has 0 saturated carbocycles. The summed E-state index contributed by atoms with van der Waals surface area (Å²) in [6.45, 7) is 0.339. The van der Waals surface area contributed by atoms with E-state index in [1.165, 1.54) is 23.5 Å². The number of methoxy groups -OCH3 is 1. The van der Waals surface area contributed by atoms with Crippen LogP contribution in [0.5, 0.6) is 5.75 Å². The van der Waals surface area contributed by atoms with Crippen LogP contribution in [0.1, 0.15) is 35.4 Å². The van der Waals surface area contributed by atoms with Gasteiger partial charge in [0.25, 0.3) is 0 Å². The van der Waals surface area contributed by atoms with Gasteiger partial charge in [-0.05, 0) is 35.2 Å². The van der Waals surface area contributed by atoms with Crippen LogP contribution in [0.3, 0.4) is 0 Å². The monoisotopic (exact) mass is 418 g/mol. The molecule has 2 aromatic carbocycles. The minimum absolute atomic E-state index is 0.0473. The number of hydrogen-bond donors (Lipinski definition) is 1. The Labute approximate surface area is 167 Å². The summed E-state index contributed by atoms with van der Waals surface area (Å²) in [6.07, 6.45) is 0.710. The van der Waals surface area contributed by atoms with Gasteiger partial charge in [-0.3, -0.25) is 14.9 Å². The van der Waals surface area contributed by atoms with E-state index in [-0.39, 0.29) is 42.0 Å². The first kappa shape index (κ1) is 19.5. The molecule has 2 aromatic rings. The third-order valence-corrected chi connectivity index (χ3v) is 7.11. The lowest BCUT2D eigenvalue weighted by molar-refractivity contribution is -0.134. The number of rotatable bonds is 4. The third-order valence-electron chi connectivity index (χ3n) is 5.33. The molecule has 1 N–H and O–H groups in total. The number of fused-ring (bicyclic) bond motifs is 1. The summed E-state index contributed by atoms with van der Waals surface area (Å²) in [5.41, 5.74) is 2.42. The quantitative estimate of drug-likeness (QED) is 0.768. The molecule has 1 fully saturated rings. The Morgan fingerprint density at radius 2 is 1.86 bits per heavy atom. The fourth-order valence-corrected chi connectivity index (χ4v) is 5.14. The van der Waals surface area contributed by atoms with Crippen LogP contribution in [-0.4, -0.2) is 31.6 Å². The Kier molecular flexibility index (Phi) is 4.87. The van der Waals surface area contributed by atoms with Gasteiger partial charge in [0.1, 0.15) is 0 Å². The van der Waals surface area contributed by atoms with Crippen molar-refractivity contribution in [1.29, 1.82) is 0 Å². The maximum absolute atomic E-state index is 13.6. The largest absolute Gasteiger partial charge is 0.494 e. The highest BCUT2D eigenvalue weighted by Gasteiger charge is 2.33. The van der Waals surface area contributed by atoms with Gasteiger partial charge in [0.2, 0.25) is 21.8 Å². The number of hydrogen-bond acceptors (Lipinski definition) is 5. The first-order valence-corrected chi connectivity index (χ1v) is 10.5. The van der Waals surface area contributed by atoms with Gasteiger partial charge in [-0.2, -0.15) is 4.31 Å². The van der Waals surface area contributed by atoms with Crippen molar-refractivity contribution in [3.63, 3.8) is 0 Å². The zero-order valence-electron chi connectivity index (χ0n) is 15.6. The van der Waals surface area contributed by atoms with Gasteiger partial charge in [-0.15, -0.1) is 0 Å². The van der Waals surface area contributed by atoms with E-state index < -0.39 is 21.8 Å². The molecule has 0 spiro atoms. The number of carbonyl (C=O) groups is 2. The molecule has 1 atom stereocenters. The smallest absolute Gasteiger partial charge is 0.243 e. The van der Waals surface area contributed by atoms with Crippen LogP contribution in [0.25, 0.3) is 0 Å². The van der Waals surface area contributed by atoms with E-state index >= 15 is 0 Å². The number of imide groups is 1. The first-order chi connectivity index (χ1) is 13.8. The molecule has 0 bridgehead atoms. The Morgan fingerprint density at radius 1 is 1.10 bits per heavy atom. The maximum Gasteiger partial charge on any atom is 0.243 e. The number of nitrogens with zero attached hydrogens (tertiary/aromatic N) is 1. The highest BCUT2D eigenvalue weighted by molar-refractivity contribution is 7.89. The number of carbonyl (C=O) groups excluding carboxylic acids is 2. The number of sulfonamides is 1. The number of piperidine rings is 1. The van der Waals surface area contributed by atoms with Crippen molar-refractivity contribution in [2.45, 2.75) is 36.7 Å². The van der Waals surface area contributed by atoms with Gasteiger partial charge in [0.15, 0.2) is 11.6 Å². The number of amides is 2. The van der Waals surface area contributed by atoms with Gasteiger partial charge in [-0.25, -0.2) is 12.8 Å². The Balaban J connectivity index is 1.59. The molecule has 4 rings (SSSR count). The van der Waals surface area contributed by atoms with Crippen molar-refractivity contribution in [1.82, 2.24) is 9.62 Å². The summed E-state index contributed by atoms with van der Waals surface area (Å²) < 4.78 is 45.8. The average Bonchev–Trinajstić information content (AvgIpc) is 3.12. The molecular formula is C20H19FN2O5S. The molecule has 1 saturated heterocycles. The summed E-state index contributed by atoms with van der Waals surface area (Å²) in [7, 11) is -2.57. The SMILES string of the molecule is COc1cc(S(=O)(=O)N2Cc3ccc(C4CCC(=O)NC4=O)cc3C2)ccc1F. The van der Waals surface area contributed by atoms with Crippen molar-refractivity contribution in [3.05, 3.63) is 58.9 Å². The van der Waals surface area contributed by atoms with Gasteiger partial charge in [0, 0.05) is 25.6 Å². The van der Waals surface area contributed by atoms with E-state index in [0.29, 0.717) is 6.42 Å². The van der Waals surface area contributed by atoms with Crippen LogP contribution in [0, 0.1) is 5.82 Å². The number of benzene rings is 2. The second-order valence-electron chi connectivity index (χ2n) is 7.10. The van der Waals surface area contributed by atoms with E-state index in [1.807, 2.05) is 12.1 Å². The van der Waals surface area contributed by atoms with E-state index in [9.17, 15) is 22.4 Å². The third kappa shape index (κ3) is 3.51. The average molecular weight is 418 g/mol. The molecule has 29 heavy (non-hydrogen) atoms. The van der Waals surface area contributed by atoms with Crippen LogP contribution < -0.4 is 10.1 Å². The predicted molar refractivity (Wildman–Crippen MR) is 101 cm³/mol. The van der Waals surface area contributed by atoms with Crippen molar-refractivity contribution in [2.24, 2.45) is 0 Å². The summed E-state index contributed by atoms with van der Waals surface area (Å²) in [5.74, 6) is -1.81. The molecular weight excluding hydrogens is 399 g/mol. The van der Waals surface area contributed by atoms with Crippen LogP contribution >= 0.6 is 0 Å². The highest BCUT2D eigenvalue weighted by Crippen LogP contribution is 2.33. The lowest BCUT2D eigenvalue weighted by Gasteiger charge is -2.21. The van der Waals surface area contributed by atoms with Crippen molar-refractivity contribution >= 4 is 21.8 Å². The van der Waals surface area contributed by atoms with Crippen molar-refractivity contribution in [3.8, 4) is 5.75 Å². The lowest BCUT2D eigenvalue weighted by Crippen LogP contribution is -2.39. The van der Waals surface area contributed by atoms with E-state index in [0.717, 1.165) is 22.8 Å². The Bertz CT molecular complexity index is 1120. The highest BCUT2D eigenvalue weighted by atomic mass is 32.2. The van der Waals surface area contributed by atoms with Crippen LogP contribution in [-0.2, 0) is 32.7 Å². The predicted octanol–water partition coefficient (Wildman–Crippen LogP) is 2.06. The normalized spacial score (nSPS) is 19.7. The second kappa shape index (κ2) is 7.23. The fraction of sp³-hybridized carbons (Fsp3) is 0.300. The maximum atomic E-state index is 13.6. The van der Waals surface area contributed by atoms with Gasteiger partial charge in [0.05, 0.1) is 17.9 Å². The molecule has 0 radical (unpaired) electrons. The Hall–Kier alpha value is -2.78. The number of nitrogens with one attached hydrogen (secondary N) is 1. The van der Waals surface area contributed by atoms with E-state index in [4.69, 9.17) is 4.74 Å². The standard InChI is InChI=1S/C20H19FN2O5S/c1-28-18-9-15(4-6-17(18)21)29(26,27)23-10-13-3-2-12(8-14(13)11-23)16-5-7-19(24)22-20(16)25/h2-4,6,8-9,16H,5,7,10-11H2,1H3,(H,22,24,25). The molecule has 2 heterocycles. The fourth-order valence-electron chi connectivity index (χ4n) is 3.73.